The molecule has 4 rings (SSSR count). The van der Waals surface area contributed by atoms with Crippen molar-refractivity contribution in [2.45, 2.75) is 31.7 Å². The van der Waals surface area contributed by atoms with Gasteiger partial charge in [0.2, 0.25) is 17.7 Å². The predicted molar refractivity (Wildman–Crippen MR) is 98.2 cm³/mol. The fourth-order valence-electron chi connectivity index (χ4n) is 3.80. The number of piperidine rings is 1. The Morgan fingerprint density at radius 3 is 2.52 bits per heavy atom. The summed E-state index contributed by atoms with van der Waals surface area (Å²) in [5.41, 5.74) is 0.914. The molecule has 0 spiro atoms. The summed E-state index contributed by atoms with van der Waals surface area (Å²) in [5.74, 6) is -0.640. The molecule has 2 atom stereocenters. The van der Waals surface area contributed by atoms with Crippen LogP contribution in [0.4, 0.5) is 4.39 Å². The zero-order valence-corrected chi connectivity index (χ0v) is 15.9. The lowest BCUT2D eigenvalue weighted by Crippen LogP contribution is -2.51. The first-order chi connectivity index (χ1) is 12.8. The summed E-state index contributed by atoms with van der Waals surface area (Å²) in [7, 11) is 3.35. The van der Waals surface area contributed by atoms with Crippen molar-refractivity contribution in [3.8, 4) is 0 Å². The third-order valence-electron chi connectivity index (χ3n) is 5.49. The van der Waals surface area contributed by atoms with Gasteiger partial charge in [0, 0.05) is 39.6 Å². The SMILES string of the molecule is CN(C)C(=O)CN1C(=O)[C@H]2CC[C@@H]1CN(C(=O)CCc1ccc(F)cc1)C2. The van der Waals surface area contributed by atoms with E-state index in [-0.39, 0.29) is 42.0 Å². The second kappa shape index (κ2) is 8.06. The van der Waals surface area contributed by atoms with Gasteiger partial charge < -0.3 is 14.7 Å². The van der Waals surface area contributed by atoms with E-state index in [1.54, 1.807) is 36.0 Å². The van der Waals surface area contributed by atoms with Crippen LogP contribution in [-0.2, 0) is 20.8 Å². The molecular formula is C20H26FN3O3. The Balaban J connectivity index is 1.63. The number of likely N-dealkylation sites (N-methyl/N-ethyl adjacent to an activating group) is 1. The monoisotopic (exact) mass is 375 g/mol. The molecule has 3 amide bonds. The Morgan fingerprint density at radius 1 is 1.15 bits per heavy atom. The van der Waals surface area contributed by atoms with Crippen LogP contribution in [0.1, 0.15) is 24.8 Å². The number of hydrogen-bond acceptors (Lipinski definition) is 3. The molecule has 0 saturated carbocycles. The Morgan fingerprint density at radius 2 is 1.85 bits per heavy atom. The molecule has 0 unspecified atom stereocenters. The van der Waals surface area contributed by atoms with Gasteiger partial charge >= 0.3 is 0 Å². The topological polar surface area (TPSA) is 60.9 Å². The molecule has 3 aliphatic heterocycles. The Bertz CT molecular complexity index is 720. The van der Waals surface area contributed by atoms with Crippen molar-refractivity contribution in [2.24, 2.45) is 5.92 Å². The van der Waals surface area contributed by atoms with Gasteiger partial charge in [0.1, 0.15) is 12.4 Å². The second-order valence-electron chi connectivity index (χ2n) is 7.61. The highest BCUT2D eigenvalue weighted by Gasteiger charge is 2.42. The van der Waals surface area contributed by atoms with Gasteiger partial charge in [-0.05, 0) is 37.0 Å². The van der Waals surface area contributed by atoms with E-state index < -0.39 is 0 Å². The normalized spacial score (nSPS) is 22.0. The summed E-state index contributed by atoms with van der Waals surface area (Å²) in [6, 6.07) is 6.06. The molecule has 0 N–H and O–H groups in total. The zero-order chi connectivity index (χ0) is 19.6. The van der Waals surface area contributed by atoms with Crippen LogP contribution in [-0.4, -0.2) is 72.2 Å². The molecule has 1 aromatic rings. The Kier molecular flexibility index (Phi) is 5.77. The third-order valence-corrected chi connectivity index (χ3v) is 5.49. The molecule has 146 valence electrons. The summed E-state index contributed by atoms with van der Waals surface area (Å²) in [4.78, 5) is 42.4. The average Bonchev–Trinajstić information content (AvgIpc) is 2.93. The van der Waals surface area contributed by atoms with Gasteiger partial charge in [-0.2, -0.15) is 0 Å². The fraction of sp³-hybridized carbons (Fsp3) is 0.550. The van der Waals surface area contributed by atoms with Crippen molar-refractivity contribution >= 4 is 17.7 Å². The summed E-state index contributed by atoms with van der Waals surface area (Å²) < 4.78 is 13.0. The molecule has 27 heavy (non-hydrogen) atoms. The molecule has 3 saturated heterocycles. The predicted octanol–water partition coefficient (Wildman–Crippen LogP) is 1.30. The average molecular weight is 375 g/mol. The van der Waals surface area contributed by atoms with Crippen LogP contribution in [0.15, 0.2) is 24.3 Å². The summed E-state index contributed by atoms with van der Waals surface area (Å²) >= 11 is 0. The van der Waals surface area contributed by atoms with Gasteiger partial charge in [-0.25, -0.2) is 4.39 Å². The number of rotatable bonds is 5. The minimum Gasteiger partial charge on any atom is -0.347 e. The highest BCUT2D eigenvalue weighted by molar-refractivity contribution is 5.88. The van der Waals surface area contributed by atoms with E-state index in [2.05, 4.69) is 0 Å². The highest BCUT2D eigenvalue weighted by atomic mass is 19.1. The first-order valence-corrected chi connectivity index (χ1v) is 9.38. The van der Waals surface area contributed by atoms with Gasteiger partial charge in [0.15, 0.2) is 0 Å². The molecule has 6 nitrogen and oxygen atoms in total. The summed E-state index contributed by atoms with van der Waals surface area (Å²) in [5, 5.41) is 0. The van der Waals surface area contributed by atoms with Crippen molar-refractivity contribution < 1.29 is 18.8 Å². The zero-order valence-electron chi connectivity index (χ0n) is 15.9. The van der Waals surface area contributed by atoms with Crippen molar-refractivity contribution in [3.05, 3.63) is 35.6 Å². The molecule has 3 heterocycles. The third kappa shape index (κ3) is 4.46. The van der Waals surface area contributed by atoms with Crippen LogP contribution in [0.5, 0.6) is 0 Å². The maximum atomic E-state index is 13.0. The van der Waals surface area contributed by atoms with Crippen LogP contribution < -0.4 is 0 Å². The lowest BCUT2D eigenvalue weighted by Gasteiger charge is -2.35. The van der Waals surface area contributed by atoms with Crippen molar-refractivity contribution in [1.29, 1.82) is 0 Å². The van der Waals surface area contributed by atoms with E-state index in [0.717, 1.165) is 18.4 Å². The van der Waals surface area contributed by atoms with E-state index in [1.165, 1.54) is 17.0 Å². The second-order valence-corrected chi connectivity index (χ2v) is 7.61. The first-order valence-electron chi connectivity index (χ1n) is 9.38. The molecule has 1 aromatic carbocycles. The number of aryl methyl sites for hydroxylation is 1. The van der Waals surface area contributed by atoms with Crippen LogP contribution >= 0.6 is 0 Å². The smallest absolute Gasteiger partial charge is 0.241 e. The largest absolute Gasteiger partial charge is 0.347 e. The lowest BCUT2D eigenvalue weighted by atomic mass is 9.94. The van der Waals surface area contributed by atoms with Crippen molar-refractivity contribution in [1.82, 2.24) is 14.7 Å². The number of carbonyl (C=O) groups is 3. The van der Waals surface area contributed by atoms with Gasteiger partial charge in [0.05, 0.1) is 5.92 Å². The highest BCUT2D eigenvalue weighted by Crippen LogP contribution is 2.29. The molecule has 3 fully saturated rings. The van der Waals surface area contributed by atoms with Crippen LogP contribution in [0, 0.1) is 11.7 Å². The Hall–Kier alpha value is -2.44. The molecule has 0 aliphatic carbocycles. The number of fused-ring (bicyclic) bond motifs is 4. The first kappa shape index (κ1) is 19.3. The standard InChI is InChI=1S/C20H26FN3O3/c1-22(2)19(26)13-24-17-9-6-15(20(24)27)11-23(12-17)18(25)10-5-14-3-7-16(21)8-4-14/h3-4,7-8,15,17H,5-6,9-13H2,1-2H3/t15-,17+/m0/s1. The number of benzene rings is 1. The number of carbonyl (C=O) groups excluding carboxylic acids is 3. The molecule has 3 aliphatic rings. The van der Waals surface area contributed by atoms with Gasteiger partial charge in [0.25, 0.3) is 0 Å². The fourth-order valence-corrected chi connectivity index (χ4v) is 3.80. The maximum absolute atomic E-state index is 13.0. The molecular weight excluding hydrogens is 349 g/mol. The van der Waals surface area contributed by atoms with E-state index in [1.807, 2.05) is 0 Å². The van der Waals surface area contributed by atoms with Crippen molar-refractivity contribution in [3.63, 3.8) is 0 Å². The summed E-state index contributed by atoms with van der Waals surface area (Å²) in [6.07, 6.45) is 2.45. The van der Waals surface area contributed by atoms with E-state index >= 15 is 0 Å². The maximum Gasteiger partial charge on any atom is 0.241 e. The summed E-state index contributed by atoms with van der Waals surface area (Å²) in [6.45, 7) is 0.972. The quantitative estimate of drug-likeness (QED) is 0.779. The molecule has 2 bridgehead atoms. The van der Waals surface area contributed by atoms with Crippen LogP contribution in [0.25, 0.3) is 0 Å². The van der Waals surface area contributed by atoms with Gasteiger partial charge in [-0.15, -0.1) is 0 Å². The van der Waals surface area contributed by atoms with Crippen molar-refractivity contribution in [2.75, 3.05) is 33.7 Å². The molecule has 0 radical (unpaired) electrons. The Labute approximate surface area is 158 Å². The van der Waals surface area contributed by atoms with Gasteiger partial charge in [-0.1, -0.05) is 12.1 Å². The number of amides is 3. The number of halogens is 1. The van der Waals surface area contributed by atoms with E-state index in [9.17, 15) is 18.8 Å². The molecule has 0 aromatic heterocycles. The van der Waals surface area contributed by atoms with Crippen LogP contribution in [0.3, 0.4) is 0 Å². The lowest BCUT2D eigenvalue weighted by molar-refractivity contribution is -0.145. The number of hydrogen-bond donors (Lipinski definition) is 0. The molecule has 7 heteroatoms. The van der Waals surface area contributed by atoms with E-state index in [4.69, 9.17) is 0 Å². The minimum atomic E-state index is -0.292. The minimum absolute atomic E-state index is 0.00445. The van der Waals surface area contributed by atoms with Crippen LogP contribution in [0.2, 0.25) is 0 Å². The number of nitrogens with zero attached hydrogens (tertiary/aromatic N) is 3. The van der Waals surface area contributed by atoms with Gasteiger partial charge in [-0.3, -0.25) is 14.4 Å². The van der Waals surface area contributed by atoms with E-state index in [0.29, 0.717) is 25.9 Å².